The quantitative estimate of drug-likeness (QED) is 0.613. The molecule has 0 fully saturated rings. The molecule has 126 valence electrons. The SMILES string of the molecule is COc1cc(C)c2[nH]c(-c3ccc(Cl)cc3)c(CCCCN)c2c1. The Kier molecular flexibility index (Phi) is 5.12. The van der Waals surface area contributed by atoms with Crippen LogP contribution in [-0.4, -0.2) is 18.6 Å². The maximum atomic E-state index is 6.04. The van der Waals surface area contributed by atoms with Crippen LogP contribution in [0.25, 0.3) is 22.2 Å². The highest BCUT2D eigenvalue weighted by molar-refractivity contribution is 6.30. The van der Waals surface area contributed by atoms with Gasteiger partial charge in [0.2, 0.25) is 0 Å². The zero-order valence-corrected chi connectivity index (χ0v) is 14.9. The van der Waals surface area contributed by atoms with Crippen molar-refractivity contribution in [3.63, 3.8) is 0 Å². The minimum atomic E-state index is 0.723. The number of rotatable bonds is 6. The van der Waals surface area contributed by atoms with E-state index in [1.165, 1.54) is 22.0 Å². The zero-order valence-electron chi connectivity index (χ0n) is 14.2. The summed E-state index contributed by atoms with van der Waals surface area (Å²) in [6, 6.07) is 12.2. The van der Waals surface area contributed by atoms with Gasteiger partial charge in [0.05, 0.1) is 7.11 Å². The van der Waals surface area contributed by atoms with Crippen LogP contribution in [0.15, 0.2) is 36.4 Å². The molecule has 24 heavy (non-hydrogen) atoms. The number of ether oxygens (including phenoxy) is 1. The molecule has 0 saturated carbocycles. The second kappa shape index (κ2) is 7.29. The average molecular weight is 343 g/mol. The number of nitrogens with one attached hydrogen (secondary N) is 1. The third-order valence-corrected chi connectivity index (χ3v) is 4.69. The minimum Gasteiger partial charge on any atom is -0.497 e. The van der Waals surface area contributed by atoms with Crippen LogP contribution < -0.4 is 10.5 Å². The lowest BCUT2D eigenvalue weighted by Crippen LogP contribution is -1.99. The Bertz CT molecular complexity index is 837. The van der Waals surface area contributed by atoms with Gasteiger partial charge < -0.3 is 15.5 Å². The van der Waals surface area contributed by atoms with Crippen LogP contribution in [0, 0.1) is 6.92 Å². The van der Waals surface area contributed by atoms with Gasteiger partial charge >= 0.3 is 0 Å². The van der Waals surface area contributed by atoms with E-state index in [9.17, 15) is 0 Å². The second-order valence-electron chi connectivity index (χ2n) is 6.10. The Morgan fingerprint density at radius 3 is 2.54 bits per heavy atom. The Hall–Kier alpha value is -1.97. The van der Waals surface area contributed by atoms with Crippen LogP contribution in [0.1, 0.15) is 24.0 Å². The Balaban J connectivity index is 2.17. The molecule has 0 amide bonds. The molecular formula is C20H23ClN2O. The van der Waals surface area contributed by atoms with Gasteiger partial charge in [0, 0.05) is 21.6 Å². The van der Waals surface area contributed by atoms with Crippen molar-refractivity contribution in [1.82, 2.24) is 4.98 Å². The van der Waals surface area contributed by atoms with Gasteiger partial charge in [0.25, 0.3) is 0 Å². The van der Waals surface area contributed by atoms with Gasteiger partial charge in [-0.15, -0.1) is 0 Å². The molecule has 0 saturated heterocycles. The molecule has 0 unspecified atom stereocenters. The molecule has 2 aromatic carbocycles. The molecule has 4 heteroatoms. The van der Waals surface area contributed by atoms with Gasteiger partial charge in [-0.1, -0.05) is 23.7 Å². The molecule has 3 aromatic rings. The summed E-state index contributed by atoms with van der Waals surface area (Å²) in [5.41, 5.74) is 11.7. The monoisotopic (exact) mass is 342 g/mol. The molecule has 3 N–H and O–H groups in total. The molecule has 3 nitrogen and oxygen atoms in total. The van der Waals surface area contributed by atoms with Gasteiger partial charge in [-0.25, -0.2) is 0 Å². The molecule has 0 aliphatic heterocycles. The number of nitrogens with two attached hydrogens (primary N) is 1. The van der Waals surface area contributed by atoms with Crippen LogP contribution in [0.5, 0.6) is 5.75 Å². The van der Waals surface area contributed by atoms with E-state index in [0.29, 0.717) is 0 Å². The number of fused-ring (bicyclic) bond motifs is 1. The van der Waals surface area contributed by atoms with Gasteiger partial charge in [-0.3, -0.25) is 0 Å². The molecular weight excluding hydrogens is 320 g/mol. The normalized spacial score (nSPS) is 11.2. The lowest BCUT2D eigenvalue weighted by Gasteiger charge is -2.06. The van der Waals surface area contributed by atoms with E-state index in [-0.39, 0.29) is 0 Å². The summed E-state index contributed by atoms with van der Waals surface area (Å²) < 4.78 is 5.46. The Morgan fingerprint density at radius 2 is 1.88 bits per heavy atom. The smallest absolute Gasteiger partial charge is 0.119 e. The van der Waals surface area contributed by atoms with E-state index in [1.54, 1.807) is 7.11 Å². The van der Waals surface area contributed by atoms with E-state index in [0.717, 1.165) is 47.8 Å². The van der Waals surface area contributed by atoms with E-state index in [2.05, 4.69) is 36.2 Å². The van der Waals surface area contributed by atoms with Crippen LogP contribution in [0.2, 0.25) is 5.02 Å². The van der Waals surface area contributed by atoms with E-state index in [1.807, 2.05) is 12.1 Å². The number of hydrogen-bond acceptors (Lipinski definition) is 2. The number of halogens is 1. The fourth-order valence-electron chi connectivity index (χ4n) is 3.18. The van der Waals surface area contributed by atoms with Crippen molar-refractivity contribution in [2.75, 3.05) is 13.7 Å². The second-order valence-corrected chi connectivity index (χ2v) is 6.53. The number of methoxy groups -OCH3 is 1. The first-order valence-corrected chi connectivity index (χ1v) is 8.67. The Labute approximate surface area is 147 Å². The third-order valence-electron chi connectivity index (χ3n) is 4.44. The van der Waals surface area contributed by atoms with Gasteiger partial charge in [-0.05, 0) is 73.7 Å². The van der Waals surface area contributed by atoms with Crippen molar-refractivity contribution in [3.8, 4) is 17.0 Å². The maximum Gasteiger partial charge on any atom is 0.119 e. The number of aryl methyl sites for hydroxylation is 2. The molecule has 3 rings (SSSR count). The lowest BCUT2D eigenvalue weighted by atomic mass is 9.99. The molecule has 1 aromatic heterocycles. The maximum absolute atomic E-state index is 6.04. The number of aromatic nitrogens is 1. The van der Waals surface area contributed by atoms with Crippen LogP contribution >= 0.6 is 11.6 Å². The summed E-state index contributed by atoms with van der Waals surface area (Å²) in [6.07, 6.45) is 3.08. The van der Waals surface area contributed by atoms with Gasteiger partial charge in [0.15, 0.2) is 0 Å². The molecule has 1 heterocycles. The van der Waals surface area contributed by atoms with Crippen molar-refractivity contribution in [1.29, 1.82) is 0 Å². The summed E-state index contributed by atoms with van der Waals surface area (Å²) in [4.78, 5) is 3.62. The van der Waals surface area contributed by atoms with Gasteiger partial charge in [-0.2, -0.15) is 0 Å². The molecule has 0 spiro atoms. The number of H-pyrrole nitrogens is 1. The summed E-state index contributed by atoms with van der Waals surface area (Å²) in [5.74, 6) is 0.890. The van der Waals surface area contributed by atoms with Crippen LogP contribution in [0.4, 0.5) is 0 Å². The standard InChI is InChI=1S/C20H23ClN2O/c1-13-11-16(24-2)12-18-17(5-3-4-10-22)20(23-19(13)18)14-6-8-15(21)9-7-14/h6-9,11-12,23H,3-5,10,22H2,1-2H3. The summed E-state index contributed by atoms with van der Waals surface area (Å²) in [5, 5.41) is 1.98. The van der Waals surface area contributed by atoms with Crippen LogP contribution in [-0.2, 0) is 6.42 Å². The molecule has 0 bridgehead atoms. The highest BCUT2D eigenvalue weighted by Crippen LogP contribution is 2.35. The highest BCUT2D eigenvalue weighted by Gasteiger charge is 2.15. The largest absolute Gasteiger partial charge is 0.497 e. The van der Waals surface area contributed by atoms with Crippen molar-refractivity contribution in [2.24, 2.45) is 5.73 Å². The van der Waals surface area contributed by atoms with Gasteiger partial charge in [0.1, 0.15) is 5.75 Å². The summed E-state index contributed by atoms with van der Waals surface area (Å²) >= 11 is 6.04. The summed E-state index contributed by atoms with van der Waals surface area (Å²) in [7, 11) is 1.71. The number of aromatic amines is 1. The number of hydrogen-bond donors (Lipinski definition) is 2. The summed E-state index contributed by atoms with van der Waals surface area (Å²) in [6.45, 7) is 2.83. The molecule has 0 atom stereocenters. The zero-order chi connectivity index (χ0) is 17.1. The lowest BCUT2D eigenvalue weighted by molar-refractivity contribution is 0.415. The van der Waals surface area contributed by atoms with Crippen molar-refractivity contribution < 1.29 is 4.74 Å². The van der Waals surface area contributed by atoms with E-state index >= 15 is 0 Å². The molecule has 0 aliphatic rings. The highest BCUT2D eigenvalue weighted by atomic mass is 35.5. The topological polar surface area (TPSA) is 51.0 Å². The number of benzene rings is 2. The average Bonchev–Trinajstić information content (AvgIpc) is 2.95. The first-order chi connectivity index (χ1) is 11.6. The predicted molar refractivity (Wildman–Crippen MR) is 102 cm³/mol. The van der Waals surface area contributed by atoms with E-state index in [4.69, 9.17) is 22.1 Å². The van der Waals surface area contributed by atoms with Crippen molar-refractivity contribution >= 4 is 22.5 Å². The van der Waals surface area contributed by atoms with E-state index < -0.39 is 0 Å². The first kappa shape index (κ1) is 16.9. The minimum absolute atomic E-state index is 0.723. The fraction of sp³-hybridized carbons (Fsp3) is 0.300. The molecule has 0 aliphatic carbocycles. The Morgan fingerprint density at radius 1 is 1.12 bits per heavy atom. The fourth-order valence-corrected chi connectivity index (χ4v) is 3.31. The van der Waals surface area contributed by atoms with Crippen LogP contribution in [0.3, 0.4) is 0 Å². The molecule has 0 radical (unpaired) electrons. The number of unbranched alkanes of at least 4 members (excludes halogenated alkanes) is 1. The van der Waals surface area contributed by atoms with Crippen molar-refractivity contribution in [2.45, 2.75) is 26.2 Å². The third kappa shape index (κ3) is 3.28. The first-order valence-electron chi connectivity index (χ1n) is 8.29. The van der Waals surface area contributed by atoms with Crippen molar-refractivity contribution in [3.05, 3.63) is 52.5 Å². The predicted octanol–water partition coefficient (Wildman–Crippen LogP) is 5.09.